The molecule has 27 heavy (non-hydrogen) atoms. The fraction of sp³-hybridized carbons (Fsp3) is 0.364. The Balaban J connectivity index is 1.71. The van der Waals surface area contributed by atoms with Crippen molar-refractivity contribution in [1.29, 1.82) is 0 Å². The molecule has 0 aliphatic carbocycles. The summed E-state index contributed by atoms with van der Waals surface area (Å²) >= 11 is 0. The molecule has 0 heterocycles. The average Bonchev–Trinajstić information content (AvgIpc) is 2.71. The van der Waals surface area contributed by atoms with E-state index in [9.17, 15) is 9.59 Å². The van der Waals surface area contributed by atoms with Crippen molar-refractivity contribution in [2.45, 2.75) is 39.0 Å². The van der Waals surface area contributed by atoms with Crippen LogP contribution in [0.5, 0.6) is 5.75 Å². The van der Waals surface area contributed by atoms with Crippen LogP contribution in [0, 0.1) is 0 Å². The quantitative estimate of drug-likeness (QED) is 0.669. The van der Waals surface area contributed by atoms with Crippen LogP contribution in [0.3, 0.4) is 0 Å². The molecule has 0 bridgehead atoms. The lowest BCUT2D eigenvalue weighted by atomic mass is 9.99. The van der Waals surface area contributed by atoms with Gasteiger partial charge in [0, 0.05) is 12.1 Å². The van der Waals surface area contributed by atoms with Gasteiger partial charge in [-0.2, -0.15) is 0 Å². The zero-order valence-corrected chi connectivity index (χ0v) is 16.2. The Labute approximate surface area is 160 Å². The zero-order valence-electron chi connectivity index (χ0n) is 16.2. The molecule has 0 aliphatic rings. The molecular weight excluding hydrogens is 342 g/mol. The molecule has 1 unspecified atom stereocenters. The predicted molar refractivity (Wildman–Crippen MR) is 106 cm³/mol. The summed E-state index contributed by atoms with van der Waals surface area (Å²) in [5, 5.41) is 2.74. The molecule has 1 amide bonds. The van der Waals surface area contributed by atoms with Crippen molar-refractivity contribution in [3.05, 3.63) is 59.7 Å². The number of carbonyl (C=O) groups is 2. The maximum atomic E-state index is 11.9. The number of carbonyl (C=O) groups excluding carboxylic acids is 2. The van der Waals surface area contributed by atoms with Crippen LogP contribution in [0.2, 0.25) is 0 Å². The minimum absolute atomic E-state index is 0.225. The van der Waals surface area contributed by atoms with Crippen molar-refractivity contribution >= 4 is 17.6 Å². The van der Waals surface area contributed by atoms with Crippen molar-refractivity contribution in [3.63, 3.8) is 0 Å². The topological polar surface area (TPSA) is 64.6 Å². The molecule has 1 atom stereocenters. The zero-order chi connectivity index (χ0) is 19.6. The summed E-state index contributed by atoms with van der Waals surface area (Å²) in [5.41, 5.74) is 2.94. The van der Waals surface area contributed by atoms with Gasteiger partial charge >= 0.3 is 5.97 Å². The van der Waals surface area contributed by atoms with Crippen LogP contribution in [0.25, 0.3) is 0 Å². The Bertz CT molecular complexity index is 738. The predicted octanol–water partition coefficient (Wildman–Crippen LogP) is 4.32. The van der Waals surface area contributed by atoms with Crippen LogP contribution in [0.4, 0.5) is 5.69 Å². The molecule has 0 saturated heterocycles. The third-order valence-electron chi connectivity index (χ3n) is 4.52. The van der Waals surface area contributed by atoms with Crippen LogP contribution in [-0.2, 0) is 20.7 Å². The second-order valence-corrected chi connectivity index (χ2v) is 6.49. The molecule has 0 radical (unpaired) electrons. The number of rotatable bonds is 9. The smallest absolute Gasteiger partial charge is 0.306 e. The summed E-state index contributed by atoms with van der Waals surface area (Å²) in [6.45, 7) is 4.02. The molecule has 0 saturated carbocycles. The number of benzene rings is 2. The first kappa shape index (κ1) is 20.5. The van der Waals surface area contributed by atoms with Gasteiger partial charge in [0.2, 0.25) is 0 Å². The molecule has 0 spiro atoms. The molecular formula is C22H27NO4. The highest BCUT2D eigenvalue weighted by molar-refractivity contribution is 5.92. The van der Waals surface area contributed by atoms with Crippen LogP contribution >= 0.6 is 0 Å². The molecule has 2 aromatic carbocycles. The van der Waals surface area contributed by atoms with Crippen LogP contribution in [0.1, 0.15) is 43.7 Å². The number of hydrogen-bond donors (Lipinski definition) is 1. The first-order valence-corrected chi connectivity index (χ1v) is 9.20. The number of methoxy groups -OCH3 is 1. The first-order valence-electron chi connectivity index (χ1n) is 9.20. The monoisotopic (exact) mass is 369 g/mol. The van der Waals surface area contributed by atoms with E-state index in [4.69, 9.17) is 9.47 Å². The van der Waals surface area contributed by atoms with Gasteiger partial charge in [0.05, 0.1) is 7.11 Å². The molecule has 5 heteroatoms. The standard InChI is InChI=1S/C22H27NO4/c1-4-16(2)18-8-10-19(11-9-18)23-21(24)15-27-22(25)14-7-17-5-12-20(26-3)13-6-17/h5-6,8-13,16H,4,7,14-15H2,1-3H3,(H,23,24). The Kier molecular flexibility index (Phi) is 7.86. The van der Waals surface area contributed by atoms with Crippen molar-refractivity contribution in [2.24, 2.45) is 0 Å². The Morgan fingerprint density at radius 2 is 1.70 bits per heavy atom. The fourth-order valence-corrected chi connectivity index (χ4v) is 2.58. The summed E-state index contributed by atoms with van der Waals surface area (Å²) in [6, 6.07) is 15.2. The van der Waals surface area contributed by atoms with Gasteiger partial charge in [-0.3, -0.25) is 9.59 Å². The molecule has 144 valence electrons. The van der Waals surface area contributed by atoms with E-state index in [1.54, 1.807) is 7.11 Å². The maximum absolute atomic E-state index is 11.9. The number of esters is 1. The van der Waals surface area contributed by atoms with Gasteiger partial charge in [-0.15, -0.1) is 0 Å². The highest BCUT2D eigenvalue weighted by Crippen LogP contribution is 2.20. The fourth-order valence-electron chi connectivity index (χ4n) is 2.58. The van der Waals surface area contributed by atoms with Crippen molar-refractivity contribution in [3.8, 4) is 5.75 Å². The van der Waals surface area contributed by atoms with E-state index in [2.05, 4.69) is 19.2 Å². The van der Waals surface area contributed by atoms with Crippen molar-refractivity contribution in [2.75, 3.05) is 19.0 Å². The largest absolute Gasteiger partial charge is 0.497 e. The lowest BCUT2D eigenvalue weighted by Crippen LogP contribution is -2.21. The van der Waals surface area contributed by atoms with Gasteiger partial charge in [0.25, 0.3) is 5.91 Å². The Morgan fingerprint density at radius 3 is 2.30 bits per heavy atom. The number of amides is 1. The van der Waals surface area contributed by atoms with Crippen molar-refractivity contribution in [1.82, 2.24) is 0 Å². The van der Waals surface area contributed by atoms with Crippen LogP contribution in [-0.4, -0.2) is 25.6 Å². The highest BCUT2D eigenvalue weighted by atomic mass is 16.5. The van der Waals surface area contributed by atoms with Gasteiger partial charge in [0.1, 0.15) is 5.75 Å². The van der Waals surface area contributed by atoms with E-state index >= 15 is 0 Å². The van der Waals surface area contributed by atoms with Crippen molar-refractivity contribution < 1.29 is 19.1 Å². The van der Waals surface area contributed by atoms with E-state index in [-0.39, 0.29) is 18.9 Å². The molecule has 1 N–H and O–H groups in total. The summed E-state index contributed by atoms with van der Waals surface area (Å²) in [4.78, 5) is 23.8. The van der Waals surface area contributed by atoms with E-state index in [1.807, 2.05) is 48.5 Å². The second kappa shape index (κ2) is 10.4. The Morgan fingerprint density at radius 1 is 1.04 bits per heavy atom. The van der Waals surface area contributed by atoms with E-state index < -0.39 is 5.97 Å². The summed E-state index contributed by atoms with van der Waals surface area (Å²) < 4.78 is 10.1. The first-order chi connectivity index (χ1) is 13.0. The van der Waals surface area contributed by atoms with E-state index in [0.717, 1.165) is 17.7 Å². The van der Waals surface area contributed by atoms with Crippen LogP contribution < -0.4 is 10.1 Å². The minimum Gasteiger partial charge on any atom is -0.497 e. The van der Waals surface area contributed by atoms with Gasteiger partial charge in [-0.25, -0.2) is 0 Å². The van der Waals surface area contributed by atoms with Gasteiger partial charge in [0.15, 0.2) is 6.61 Å². The number of ether oxygens (including phenoxy) is 2. The maximum Gasteiger partial charge on any atom is 0.306 e. The number of anilines is 1. The molecule has 0 aliphatic heterocycles. The van der Waals surface area contributed by atoms with Crippen LogP contribution in [0.15, 0.2) is 48.5 Å². The molecule has 2 aromatic rings. The molecule has 0 aromatic heterocycles. The molecule has 2 rings (SSSR count). The average molecular weight is 369 g/mol. The third-order valence-corrected chi connectivity index (χ3v) is 4.52. The minimum atomic E-state index is -0.395. The summed E-state index contributed by atoms with van der Waals surface area (Å²) in [6.07, 6.45) is 1.85. The third kappa shape index (κ3) is 6.77. The lowest BCUT2D eigenvalue weighted by Gasteiger charge is -2.11. The van der Waals surface area contributed by atoms with E-state index in [0.29, 0.717) is 18.0 Å². The highest BCUT2D eigenvalue weighted by Gasteiger charge is 2.09. The summed E-state index contributed by atoms with van der Waals surface area (Å²) in [5.74, 6) is 0.522. The molecule has 0 fully saturated rings. The normalized spacial score (nSPS) is 11.5. The Hall–Kier alpha value is -2.82. The lowest BCUT2D eigenvalue weighted by molar-refractivity contribution is -0.147. The number of aryl methyl sites for hydroxylation is 1. The SMILES string of the molecule is CCC(C)c1ccc(NC(=O)COC(=O)CCc2ccc(OC)cc2)cc1. The number of nitrogens with one attached hydrogen (secondary N) is 1. The molecule has 5 nitrogen and oxygen atoms in total. The second-order valence-electron chi connectivity index (χ2n) is 6.49. The van der Waals surface area contributed by atoms with Gasteiger partial charge < -0.3 is 14.8 Å². The summed E-state index contributed by atoms with van der Waals surface area (Å²) in [7, 11) is 1.61. The van der Waals surface area contributed by atoms with Gasteiger partial charge in [-0.05, 0) is 54.2 Å². The van der Waals surface area contributed by atoms with Gasteiger partial charge in [-0.1, -0.05) is 38.1 Å². The number of hydrogen-bond acceptors (Lipinski definition) is 4. The van der Waals surface area contributed by atoms with E-state index in [1.165, 1.54) is 5.56 Å².